The van der Waals surface area contributed by atoms with Crippen molar-refractivity contribution in [3.05, 3.63) is 76.3 Å². The molecule has 4 heteroatoms. The van der Waals surface area contributed by atoms with Crippen LogP contribution in [0.15, 0.2) is 65.6 Å². The van der Waals surface area contributed by atoms with Crippen LogP contribution in [0.5, 0.6) is 0 Å². The monoisotopic (exact) mass is 375 g/mol. The van der Waals surface area contributed by atoms with Gasteiger partial charge in [-0.05, 0) is 41.5 Å². The molecule has 1 unspecified atom stereocenters. The summed E-state index contributed by atoms with van der Waals surface area (Å²) < 4.78 is 0. The SMILES string of the molecule is CC(NCCSc1cc(Cl)ccc1Cl)c1cccc2ccccc12. The van der Waals surface area contributed by atoms with E-state index in [-0.39, 0.29) is 0 Å². The molecule has 0 aliphatic heterocycles. The lowest BCUT2D eigenvalue weighted by atomic mass is 10.00. The maximum atomic E-state index is 6.20. The predicted molar refractivity (Wildman–Crippen MR) is 108 cm³/mol. The number of halogens is 2. The van der Waals surface area contributed by atoms with Crippen molar-refractivity contribution in [1.29, 1.82) is 0 Å². The zero-order valence-electron chi connectivity index (χ0n) is 13.4. The molecule has 0 bridgehead atoms. The van der Waals surface area contributed by atoms with Gasteiger partial charge < -0.3 is 5.32 Å². The van der Waals surface area contributed by atoms with Gasteiger partial charge in [0.15, 0.2) is 0 Å². The normalized spacial score (nSPS) is 12.5. The van der Waals surface area contributed by atoms with E-state index in [1.54, 1.807) is 11.8 Å². The Bertz CT molecular complexity index is 829. The molecule has 0 saturated carbocycles. The van der Waals surface area contributed by atoms with Gasteiger partial charge in [-0.25, -0.2) is 0 Å². The van der Waals surface area contributed by atoms with E-state index in [4.69, 9.17) is 23.2 Å². The van der Waals surface area contributed by atoms with Crippen molar-refractivity contribution in [1.82, 2.24) is 5.32 Å². The van der Waals surface area contributed by atoms with Gasteiger partial charge in [-0.1, -0.05) is 65.7 Å². The van der Waals surface area contributed by atoms with Crippen LogP contribution in [0.2, 0.25) is 10.0 Å². The third-order valence-corrected chi connectivity index (χ3v) is 5.73. The molecule has 1 atom stereocenters. The Kier molecular flexibility index (Phi) is 6.07. The van der Waals surface area contributed by atoms with Gasteiger partial charge in [0.1, 0.15) is 0 Å². The van der Waals surface area contributed by atoms with Crippen molar-refractivity contribution >= 4 is 45.7 Å². The number of hydrogen-bond donors (Lipinski definition) is 1. The number of thioether (sulfide) groups is 1. The first-order valence-electron chi connectivity index (χ1n) is 7.94. The average Bonchev–Trinajstić information content (AvgIpc) is 2.60. The van der Waals surface area contributed by atoms with Crippen molar-refractivity contribution in [3.63, 3.8) is 0 Å². The third kappa shape index (κ3) is 4.25. The quantitative estimate of drug-likeness (QED) is 0.385. The molecule has 1 N–H and O–H groups in total. The molecule has 3 rings (SSSR count). The molecule has 124 valence electrons. The van der Waals surface area contributed by atoms with Crippen LogP contribution in [-0.4, -0.2) is 12.3 Å². The molecule has 0 amide bonds. The highest BCUT2D eigenvalue weighted by Gasteiger charge is 2.08. The minimum atomic E-state index is 0.298. The van der Waals surface area contributed by atoms with Crippen molar-refractivity contribution in [2.24, 2.45) is 0 Å². The Balaban J connectivity index is 1.59. The average molecular weight is 376 g/mol. The molecule has 0 aliphatic carbocycles. The summed E-state index contributed by atoms with van der Waals surface area (Å²) >= 11 is 14.0. The number of hydrogen-bond acceptors (Lipinski definition) is 2. The minimum Gasteiger partial charge on any atom is -0.309 e. The fourth-order valence-corrected chi connectivity index (χ4v) is 4.14. The van der Waals surface area contributed by atoms with Crippen molar-refractivity contribution in [2.45, 2.75) is 17.9 Å². The van der Waals surface area contributed by atoms with Crippen LogP contribution in [0.4, 0.5) is 0 Å². The number of nitrogens with one attached hydrogen (secondary N) is 1. The zero-order chi connectivity index (χ0) is 16.9. The molecule has 3 aromatic carbocycles. The highest BCUT2D eigenvalue weighted by atomic mass is 35.5. The molecule has 0 spiro atoms. The van der Waals surface area contributed by atoms with Crippen LogP contribution < -0.4 is 5.32 Å². The lowest BCUT2D eigenvalue weighted by Gasteiger charge is -2.16. The molecule has 0 fully saturated rings. The minimum absolute atomic E-state index is 0.298. The zero-order valence-corrected chi connectivity index (χ0v) is 15.8. The van der Waals surface area contributed by atoms with Crippen LogP contribution >= 0.6 is 35.0 Å². The number of benzene rings is 3. The summed E-state index contributed by atoms with van der Waals surface area (Å²) in [5, 5.41) is 7.67. The second kappa shape index (κ2) is 8.26. The maximum Gasteiger partial charge on any atom is 0.0542 e. The predicted octanol–water partition coefficient (Wildman–Crippen LogP) is 6.59. The molecule has 24 heavy (non-hydrogen) atoms. The van der Waals surface area contributed by atoms with E-state index in [1.807, 2.05) is 18.2 Å². The lowest BCUT2D eigenvalue weighted by Crippen LogP contribution is -2.21. The van der Waals surface area contributed by atoms with E-state index in [1.165, 1.54) is 16.3 Å². The van der Waals surface area contributed by atoms with Crippen LogP contribution in [0.25, 0.3) is 10.8 Å². The molecule has 0 saturated heterocycles. The first-order chi connectivity index (χ1) is 11.6. The first-order valence-corrected chi connectivity index (χ1v) is 9.68. The van der Waals surface area contributed by atoms with Crippen LogP contribution in [0.1, 0.15) is 18.5 Å². The summed E-state index contributed by atoms with van der Waals surface area (Å²) in [4.78, 5) is 1.03. The fourth-order valence-electron chi connectivity index (χ4n) is 2.76. The Hall–Kier alpha value is -1.19. The van der Waals surface area contributed by atoms with Crippen LogP contribution in [0, 0.1) is 0 Å². The Morgan fingerprint density at radius 1 is 1.00 bits per heavy atom. The van der Waals surface area contributed by atoms with Gasteiger partial charge in [0, 0.05) is 28.3 Å². The van der Waals surface area contributed by atoms with Gasteiger partial charge in [0.2, 0.25) is 0 Å². The molecular weight excluding hydrogens is 357 g/mol. The van der Waals surface area contributed by atoms with E-state index in [9.17, 15) is 0 Å². The molecule has 1 nitrogen and oxygen atoms in total. The Morgan fingerprint density at radius 2 is 1.79 bits per heavy atom. The summed E-state index contributed by atoms with van der Waals surface area (Å²) in [5.41, 5.74) is 1.33. The summed E-state index contributed by atoms with van der Waals surface area (Å²) in [5.74, 6) is 0.940. The Labute approximate surface area is 157 Å². The number of fused-ring (bicyclic) bond motifs is 1. The summed E-state index contributed by atoms with van der Waals surface area (Å²) in [6.45, 7) is 3.11. The highest BCUT2D eigenvalue weighted by molar-refractivity contribution is 7.99. The Morgan fingerprint density at radius 3 is 2.67 bits per heavy atom. The molecule has 0 radical (unpaired) electrons. The first kappa shape index (κ1) is 17.6. The van der Waals surface area contributed by atoms with E-state index >= 15 is 0 Å². The van der Waals surface area contributed by atoms with Gasteiger partial charge in [0.05, 0.1) is 5.02 Å². The summed E-state index contributed by atoms with van der Waals surface area (Å²) in [6, 6.07) is 20.9. The summed E-state index contributed by atoms with van der Waals surface area (Å²) in [7, 11) is 0. The van der Waals surface area contributed by atoms with E-state index < -0.39 is 0 Å². The van der Waals surface area contributed by atoms with E-state index in [0.717, 1.165) is 27.2 Å². The maximum absolute atomic E-state index is 6.20. The molecule has 0 aromatic heterocycles. The molecule has 3 aromatic rings. The smallest absolute Gasteiger partial charge is 0.0542 e. The van der Waals surface area contributed by atoms with Gasteiger partial charge in [-0.15, -0.1) is 11.8 Å². The van der Waals surface area contributed by atoms with Crippen LogP contribution in [-0.2, 0) is 0 Å². The van der Waals surface area contributed by atoms with Gasteiger partial charge in [-0.3, -0.25) is 0 Å². The van der Waals surface area contributed by atoms with E-state index in [2.05, 4.69) is 54.7 Å². The standard InChI is InChI=1S/C20H19Cl2NS/c1-14(17-8-4-6-15-5-2-3-7-18(15)17)23-11-12-24-20-13-16(21)9-10-19(20)22/h2-10,13-14,23H,11-12H2,1H3. The third-order valence-electron chi connectivity index (χ3n) is 3.99. The number of rotatable bonds is 6. The lowest BCUT2D eigenvalue weighted by molar-refractivity contribution is 0.605. The largest absolute Gasteiger partial charge is 0.309 e. The molecular formula is C20H19Cl2NS. The van der Waals surface area contributed by atoms with Crippen molar-refractivity contribution < 1.29 is 0 Å². The van der Waals surface area contributed by atoms with Crippen molar-refractivity contribution in [2.75, 3.05) is 12.3 Å². The summed E-state index contributed by atoms with van der Waals surface area (Å²) in [6.07, 6.45) is 0. The van der Waals surface area contributed by atoms with Gasteiger partial charge in [-0.2, -0.15) is 0 Å². The van der Waals surface area contributed by atoms with Gasteiger partial charge >= 0.3 is 0 Å². The topological polar surface area (TPSA) is 12.0 Å². The van der Waals surface area contributed by atoms with Gasteiger partial charge in [0.25, 0.3) is 0 Å². The second-order valence-corrected chi connectivity index (χ2v) is 7.65. The fraction of sp³-hybridized carbons (Fsp3) is 0.200. The van der Waals surface area contributed by atoms with Crippen LogP contribution in [0.3, 0.4) is 0 Å². The van der Waals surface area contributed by atoms with E-state index in [0.29, 0.717) is 6.04 Å². The molecule has 0 aliphatic rings. The molecule has 0 heterocycles. The van der Waals surface area contributed by atoms with Crippen molar-refractivity contribution in [3.8, 4) is 0 Å². The highest BCUT2D eigenvalue weighted by Crippen LogP contribution is 2.30. The second-order valence-electron chi connectivity index (χ2n) is 5.67.